The van der Waals surface area contributed by atoms with Gasteiger partial charge in [-0.05, 0) is 13.3 Å². The van der Waals surface area contributed by atoms with Crippen molar-refractivity contribution in [1.82, 2.24) is 9.80 Å². The van der Waals surface area contributed by atoms with Crippen LogP contribution in [0.15, 0.2) is 0 Å². The number of hydrogen-bond acceptors (Lipinski definition) is 3. The number of carbonyl (C=O) groups excluding carboxylic acids is 1. The molecule has 0 saturated carbocycles. The first-order chi connectivity index (χ1) is 8.51. The van der Waals surface area contributed by atoms with Crippen LogP contribution < -0.4 is 0 Å². The lowest BCUT2D eigenvalue weighted by atomic mass is 9.87. The van der Waals surface area contributed by atoms with E-state index in [2.05, 4.69) is 0 Å². The standard InChI is InChI=1S/C12H22N2O4/c1-3-13(5-4-6-15)12(18)14-7-10(8-14)9(2)11(16)17/h9-10,15H,3-8H2,1-2H3,(H,16,17). The Kier molecular flexibility index (Phi) is 5.40. The van der Waals surface area contributed by atoms with E-state index in [9.17, 15) is 9.59 Å². The van der Waals surface area contributed by atoms with Crippen LogP contribution in [0.5, 0.6) is 0 Å². The fourth-order valence-corrected chi connectivity index (χ4v) is 2.04. The van der Waals surface area contributed by atoms with Gasteiger partial charge in [-0.2, -0.15) is 0 Å². The molecule has 0 aromatic rings. The summed E-state index contributed by atoms with van der Waals surface area (Å²) in [6.45, 7) is 5.83. The molecule has 1 atom stereocenters. The highest BCUT2D eigenvalue weighted by atomic mass is 16.4. The number of likely N-dealkylation sites (tertiary alicyclic amines) is 1. The predicted octanol–water partition coefficient (Wildman–Crippen LogP) is 0.463. The first-order valence-corrected chi connectivity index (χ1v) is 6.38. The molecule has 2 amide bonds. The summed E-state index contributed by atoms with van der Waals surface area (Å²) in [6.07, 6.45) is 0.572. The maximum atomic E-state index is 12.0. The van der Waals surface area contributed by atoms with Gasteiger partial charge in [-0.25, -0.2) is 4.79 Å². The van der Waals surface area contributed by atoms with E-state index < -0.39 is 11.9 Å². The molecule has 1 fully saturated rings. The number of aliphatic hydroxyl groups excluding tert-OH is 1. The quantitative estimate of drug-likeness (QED) is 0.725. The van der Waals surface area contributed by atoms with Crippen molar-refractivity contribution in [3.63, 3.8) is 0 Å². The molecule has 1 heterocycles. The SMILES string of the molecule is CCN(CCCO)C(=O)N1CC(C(C)C(=O)O)C1. The first kappa shape index (κ1) is 14.8. The van der Waals surface area contributed by atoms with Crippen molar-refractivity contribution in [1.29, 1.82) is 0 Å². The number of urea groups is 1. The van der Waals surface area contributed by atoms with Crippen LogP contribution in [0.3, 0.4) is 0 Å². The number of hydrogen-bond donors (Lipinski definition) is 2. The van der Waals surface area contributed by atoms with Gasteiger partial charge in [0.2, 0.25) is 0 Å². The van der Waals surface area contributed by atoms with Crippen LogP contribution >= 0.6 is 0 Å². The Morgan fingerprint density at radius 2 is 2.06 bits per heavy atom. The van der Waals surface area contributed by atoms with Gasteiger partial charge in [-0.3, -0.25) is 4.79 Å². The Morgan fingerprint density at radius 1 is 1.44 bits per heavy atom. The van der Waals surface area contributed by atoms with Crippen LogP contribution in [0.1, 0.15) is 20.3 Å². The molecule has 104 valence electrons. The first-order valence-electron chi connectivity index (χ1n) is 6.38. The van der Waals surface area contributed by atoms with Gasteiger partial charge < -0.3 is 20.0 Å². The van der Waals surface area contributed by atoms with Crippen LogP contribution in [0.2, 0.25) is 0 Å². The second kappa shape index (κ2) is 6.58. The molecule has 1 rings (SSSR count). The second-order valence-electron chi connectivity index (χ2n) is 4.73. The zero-order valence-corrected chi connectivity index (χ0v) is 11.0. The van der Waals surface area contributed by atoms with Crippen LogP contribution in [0.4, 0.5) is 4.79 Å². The lowest BCUT2D eigenvalue weighted by Gasteiger charge is -2.43. The Labute approximate surface area is 107 Å². The maximum Gasteiger partial charge on any atom is 0.320 e. The molecule has 6 nitrogen and oxygen atoms in total. The number of nitrogens with zero attached hydrogens (tertiary/aromatic N) is 2. The third-order valence-corrected chi connectivity index (χ3v) is 3.52. The monoisotopic (exact) mass is 258 g/mol. The summed E-state index contributed by atoms with van der Waals surface area (Å²) >= 11 is 0. The van der Waals surface area contributed by atoms with E-state index in [1.165, 1.54) is 0 Å². The minimum atomic E-state index is -0.806. The summed E-state index contributed by atoms with van der Waals surface area (Å²) in [6, 6.07) is -0.0558. The summed E-state index contributed by atoms with van der Waals surface area (Å²) in [5.41, 5.74) is 0. The van der Waals surface area contributed by atoms with Gasteiger partial charge in [-0.15, -0.1) is 0 Å². The molecule has 0 bridgehead atoms. The molecule has 0 radical (unpaired) electrons. The summed E-state index contributed by atoms with van der Waals surface area (Å²) in [7, 11) is 0. The van der Waals surface area contributed by atoms with E-state index in [1.54, 1.807) is 16.7 Å². The number of carbonyl (C=O) groups is 2. The lowest BCUT2D eigenvalue weighted by molar-refractivity contribution is -0.144. The Hall–Kier alpha value is -1.30. The van der Waals surface area contributed by atoms with Gasteiger partial charge in [0.15, 0.2) is 0 Å². The van der Waals surface area contributed by atoms with Crippen molar-refractivity contribution < 1.29 is 19.8 Å². The molecule has 0 aliphatic carbocycles. The van der Waals surface area contributed by atoms with E-state index in [1.807, 2.05) is 6.92 Å². The Morgan fingerprint density at radius 3 is 2.50 bits per heavy atom. The maximum absolute atomic E-state index is 12.0. The highest BCUT2D eigenvalue weighted by Gasteiger charge is 2.38. The van der Waals surface area contributed by atoms with Crippen LogP contribution in [-0.2, 0) is 4.79 Å². The van der Waals surface area contributed by atoms with E-state index in [-0.39, 0.29) is 18.6 Å². The van der Waals surface area contributed by atoms with E-state index in [4.69, 9.17) is 10.2 Å². The number of aliphatic carboxylic acids is 1. The number of amides is 2. The number of carboxylic acids is 1. The number of rotatable bonds is 6. The molecule has 2 N–H and O–H groups in total. The molecule has 1 unspecified atom stereocenters. The number of carboxylic acid groups (broad SMARTS) is 1. The highest BCUT2D eigenvalue weighted by molar-refractivity contribution is 5.76. The van der Waals surface area contributed by atoms with Crippen molar-refractivity contribution in [2.45, 2.75) is 20.3 Å². The van der Waals surface area contributed by atoms with Gasteiger partial charge in [0.1, 0.15) is 0 Å². The Balaban J connectivity index is 2.39. The molecule has 18 heavy (non-hydrogen) atoms. The van der Waals surface area contributed by atoms with Crippen molar-refractivity contribution in [2.24, 2.45) is 11.8 Å². The molecule has 6 heteroatoms. The molecule has 0 aromatic heterocycles. The summed E-state index contributed by atoms with van der Waals surface area (Å²) in [4.78, 5) is 26.2. The van der Waals surface area contributed by atoms with E-state index in [0.717, 1.165) is 0 Å². The normalized spacial score (nSPS) is 17.2. The molecule has 0 spiro atoms. The fraction of sp³-hybridized carbons (Fsp3) is 0.833. The van der Waals surface area contributed by atoms with Gasteiger partial charge in [0, 0.05) is 38.7 Å². The van der Waals surface area contributed by atoms with Gasteiger partial charge >= 0.3 is 12.0 Å². The van der Waals surface area contributed by atoms with Crippen molar-refractivity contribution >= 4 is 12.0 Å². The summed E-state index contributed by atoms with van der Waals surface area (Å²) in [5, 5.41) is 17.6. The van der Waals surface area contributed by atoms with Crippen LogP contribution in [0, 0.1) is 11.8 Å². The van der Waals surface area contributed by atoms with Crippen LogP contribution in [0.25, 0.3) is 0 Å². The zero-order chi connectivity index (χ0) is 13.7. The molecule has 1 aliphatic heterocycles. The molecule has 1 saturated heterocycles. The lowest BCUT2D eigenvalue weighted by Crippen LogP contribution is -2.57. The molecule has 1 aliphatic rings. The minimum absolute atomic E-state index is 0.0558. The second-order valence-corrected chi connectivity index (χ2v) is 4.73. The van der Waals surface area contributed by atoms with Crippen molar-refractivity contribution in [3.8, 4) is 0 Å². The Bertz CT molecular complexity index is 302. The topological polar surface area (TPSA) is 81.1 Å². The van der Waals surface area contributed by atoms with Gasteiger partial charge in [0.25, 0.3) is 0 Å². The highest BCUT2D eigenvalue weighted by Crippen LogP contribution is 2.25. The summed E-state index contributed by atoms with van der Waals surface area (Å²) < 4.78 is 0. The van der Waals surface area contributed by atoms with Gasteiger partial charge in [0.05, 0.1) is 5.92 Å². The van der Waals surface area contributed by atoms with E-state index in [0.29, 0.717) is 32.6 Å². The van der Waals surface area contributed by atoms with Crippen LogP contribution in [-0.4, -0.2) is 64.8 Å². The third-order valence-electron chi connectivity index (χ3n) is 3.52. The van der Waals surface area contributed by atoms with Gasteiger partial charge in [-0.1, -0.05) is 6.92 Å². The molecular formula is C12H22N2O4. The third kappa shape index (κ3) is 3.35. The fourth-order valence-electron chi connectivity index (χ4n) is 2.04. The van der Waals surface area contributed by atoms with Crippen molar-refractivity contribution in [3.05, 3.63) is 0 Å². The minimum Gasteiger partial charge on any atom is -0.481 e. The average molecular weight is 258 g/mol. The smallest absolute Gasteiger partial charge is 0.320 e. The number of aliphatic hydroxyl groups is 1. The zero-order valence-electron chi connectivity index (χ0n) is 11.0. The molecule has 0 aromatic carbocycles. The van der Waals surface area contributed by atoms with Crippen molar-refractivity contribution in [2.75, 3.05) is 32.8 Å². The predicted molar refractivity (Wildman–Crippen MR) is 66.2 cm³/mol. The summed E-state index contributed by atoms with van der Waals surface area (Å²) in [5.74, 6) is -1.15. The molecular weight excluding hydrogens is 236 g/mol. The van der Waals surface area contributed by atoms with E-state index >= 15 is 0 Å². The largest absolute Gasteiger partial charge is 0.481 e. The average Bonchev–Trinajstić information content (AvgIpc) is 2.27.